The van der Waals surface area contributed by atoms with Crippen LogP contribution >= 0.6 is 0 Å². The van der Waals surface area contributed by atoms with Crippen molar-refractivity contribution in [2.75, 3.05) is 28.2 Å². The van der Waals surface area contributed by atoms with Gasteiger partial charge in [0.1, 0.15) is 0 Å². The zero-order valence-electron chi connectivity index (χ0n) is 17.4. The van der Waals surface area contributed by atoms with Crippen LogP contribution in [0.5, 0.6) is 0 Å². The molecule has 0 unspecified atom stereocenters. The van der Waals surface area contributed by atoms with Crippen LogP contribution in [0.3, 0.4) is 0 Å². The molecule has 23 heavy (non-hydrogen) atoms. The fraction of sp³-hybridized carbons (Fsp3) is 0.882. The maximum Gasteiger partial charge on any atom is -0.162 e. The molecule has 0 aromatic heterocycles. The van der Waals surface area contributed by atoms with E-state index < -0.39 is 0 Å². The van der Waals surface area contributed by atoms with Crippen LogP contribution in [-0.4, -0.2) is 45.3 Å². The molecule has 0 spiro atoms. The Balaban J connectivity index is -0.000000135. The van der Waals surface area contributed by atoms with Crippen LogP contribution in [-0.2, 0) is 19.6 Å². The molecule has 0 N–H and O–H groups in total. The molecule has 0 saturated carbocycles. The second-order valence-corrected chi connectivity index (χ2v) is 7.75. The standard InChI is InChI=1S/C10H20N2.C3H7N.2C2H6N.W/c1-9(2,3)11-7-8-12-10(4,5)6;1-3(2)4;2*1-3-2;/h7-8H,1-6H3;3H,1-2H3;2*1-2H3;/q-2;;2*-1;/b8-7-;;;;. The zero-order chi connectivity index (χ0) is 19.5. The van der Waals surface area contributed by atoms with Crippen molar-refractivity contribution in [2.24, 2.45) is 3.50 Å². The first-order valence-electron chi connectivity index (χ1n) is 7.68. The van der Waals surface area contributed by atoms with Crippen molar-refractivity contribution in [3.63, 3.8) is 0 Å². The molecule has 0 aliphatic heterocycles. The van der Waals surface area contributed by atoms with Gasteiger partial charge in [-0.1, -0.05) is 41.5 Å². The molecule has 0 aliphatic carbocycles. The van der Waals surface area contributed by atoms with E-state index in [0.717, 1.165) is 0 Å². The van der Waals surface area contributed by atoms with Gasteiger partial charge in [0.25, 0.3) is 0 Å². The van der Waals surface area contributed by atoms with Gasteiger partial charge in [0, 0.05) is 0 Å². The first kappa shape index (κ1) is 30.6. The summed E-state index contributed by atoms with van der Waals surface area (Å²) in [4.78, 5) is 0. The Morgan fingerprint density at radius 1 is 0.739 bits per heavy atom. The second-order valence-electron chi connectivity index (χ2n) is 6.99. The van der Waals surface area contributed by atoms with Gasteiger partial charge < -0.3 is 21.3 Å². The number of nitrogens with zero attached hydrogens (tertiary/aromatic N) is 5. The Labute approximate surface area is 157 Å². The first-order chi connectivity index (χ1) is 10.3. The average molecular weight is 497 g/mol. The van der Waals surface area contributed by atoms with E-state index in [1.165, 1.54) is 19.6 Å². The Hall–Kier alpha value is -0.252. The summed E-state index contributed by atoms with van der Waals surface area (Å²) in [5, 5.41) is 15.6. The molecule has 5 nitrogen and oxygen atoms in total. The van der Waals surface area contributed by atoms with Crippen molar-refractivity contribution in [2.45, 2.75) is 72.5 Å². The van der Waals surface area contributed by atoms with Crippen LogP contribution in [0.25, 0.3) is 21.3 Å². The molecule has 0 saturated heterocycles. The summed E-state index contributed by atoms with van der Waals surface area (Å²) in [7, 11) is 7.00. The minimum absolute atomic E-state index is 0.00387. The van der Waals surface area contributed by atoms with Gasteiger partial charge >= 0.3 is 43.0 Å². The monoisotopic (exact) mass is 497 g/mol. The maximum absolute atomic E-state index is 4.29. The largest absolute Gasteiger partial charge is 0.668 e. The van der Waals surface area contributed by atoms with Gasteiger partial charge in [-0.3, -0.25) is 0 Å². The molecule has 0 radical (unpaired) electrons. The summed E-state index contributed by atoms with van der Waals surface area (Å²) in [6, 6.07) is 0.546. The van der Waals surface area contributed by atoms with Crippen LogP contribution in [0.4, 0.5) is 0 Å². The van der Waals surface area contributed by atoms with Crippen LogP contribution in [0.2, 0.25) is 0 Å². The van der Waals surface area contributed by atoms with Gasteiger partial charge in [-0.05, 0) is 0 Å². The number of rotatable bonds is 3. The fourth-order valence-electron chi connectivity index (χ4n) is 0.514. The van der Waals surface area contributed by atoms with Crippen molar-refractivity contribution in [3.05, 3.63) is 33.7 Å². The summed E-state index contributed by atoms with van der Waals surface area (Å²) in [6.45, 7) is 16.5. The molecule has 0 aromatic rings. The average Bonchev–Trinajstić information content (AvgIpc) is 2.35. The van der Waals surface area contributed by atoms with E-state index in [9.17, 15) is 0 Å². The van der Waals surface area contributed by atoms with E-state index in [-0.39, 0.29) is 11.1 Å². The van der Waals surface area contributed by atoms with E-state index in [4.69, 9.17) is 0 Å². The normalized spacial score (nSPS) is 10.5. The van der Waals surface area contributed by atoms with Crippen molar-refractivity contribution in [1.82, 2.24) is 0 Å². The van der Waals surface area contributed by atoms with Crippen molar-refractivity contribution >= 4 is 0 Å². The summed E-state index contributed by atoms with van der Waals surface area (Å²) in [5.41, 5.74) is 0.00775. The quantitative estimate of drug-likeness (QED) is 0.448. The van der Waals surface area contributed by atoms with Crippen LogP contribution in [0, 0.1) is 0 Å². The van der Waals surface area contributed by atoms with E-state index in [0.29, 0.717) is 6.04 Å². The van der Waals surface area contributed by atoms with E-state index in [1.807, 2.05) is 0 Å². The molecule has 0 rings (SSSR count). The topological polar surface area (TPSA) is 68.8 Å². The minimum atomic E-state index is 0.00387. The fourth-order valence-corrected chi connectivity index (χ4v) is 0.514. The Morgan fingerprint density at radius 3 is 1.00 bits per heavy atom. The van der Waals surface area contributed by atoms with E-state index in [2.05, 4.69) is 80.2 Å². The molecule has 142 valence electrons. The van der Waals surface area contributed by atoms with Gasteiger partial charge in [-0.2, -0.15) is 28.2 Å². The summed E-state index contributed by atoms with van der Waals surface area (Å²) >= 11 is 1.33. The molecule has 0 amide bonds. The summed E-state index contributed by atoms with van der Waals surface area (Å²) in [6.07, 6.45) is 3.54. The minimum Gasteiger partial charge on any atom is -0.668 e. The van der Waals surface area contributed by atoms with Crippen molar-refractivity contribution < 1.29 is 19.6 Å². The summed E-state index contributed by atoms with van der Waals surface area (Å²) in [5.74, 6) is 0. The molecule has 6 heteroatoms. The predicted octanol–water partition coefficient (Wildman–Crippen LogP) is 6.17. The van der Waals surface area contributed by atoms with E-state index >= 15 is 0 Å². The molecule has 0 atom stereocenters. The third-order valence-corrected chi connectivity index (χ3v) is 2.72. The first-order valence-corrected chi connectivity index (χ1v) is 8.99. The van der Waals surface area contributed by atoms with Crippen LogP contribution in [0.1, 0.15) is 55.4 Å². The van der Waals surface area contributed by atoms with Crippen molar-refractivity contribution in [3.8, 4) is 0 Å². The Morgan fingerprint density at radius 2 is 0.913 bits per heavy atom. The third-order valence-electron chi connectivity index (χ3n) is 1.20. The summed E-state index contributed by atoms with van der Waals surface area (Å²) < 4.78 is 3.97. The van der Waals surface area contributed by atoms with Gasteiger partial charge in [-0.25, -0.2) is 12.4 Å². The number of hydrogen-bond donors (Lipinski definition) is 0. The van der Waals surface area contributed by atoms with E-state index in [1.54, 1.807) is 40.6 Å². The molecule has 0 bridgehead atoms. The van der Waals surface area contributed by atoms with Gasteiger partial charge in [0.2, 0.25) is 0 Å². The number of hydrogen-bond acceptors (Lipinski definition) is 1. The molecular weight excluding hydrogens is 458 g/mol. The zero-order valence-corrected chi connectivity index (χ0v) is 20.3. The van der Waals surface area contributed by atoms with Gasteiger partial charge in [-0.15, -0.1) is 11.1 Å². The Bertz CT molecular complexity index is 233. The molecular formula is C17H39N5W-4. The second kappa shape index (κ2) is 19.8. The molecule has 0 heterocycles. The molecule has 0 aromatic carbocycles. The molecule has 0 aliphatic rings. The van der Waals surface area contributed by atoms with Gasteiger partial charge in [0.05, 0.1) is 0 Å². The van der Waals surface area contributed by atoms with Crippen molar-refractivity contribution in [1.29, 1.82) is 0 Å². The Kier molecular flexibility index (Phi) is 26.3. The smallest absolute Gasteiger partial charge is 0.162 e. The van der Waals surface area contributed by atoms with Gasteiger partial charge in [0.15, 0.2) is 0 Å². The van der Waals surface area contributed by atoms with Crippen LogP contribution in [0.15, 0.2) is 15.9 Å². The third kappa shape index (κ3) is 73.4. The predicted molar refractivity (Wildman–Crippen MR) is 103 cm³/mol. The SMILES string of the molecule is CC(C)(C)[N-]/C=C\[N-]C(C)(C)C.CC(C)[N]=[W].C[N-]C.C[N-]C. The molecule has 0 fully saturated rings. The van der Waals surface area contributed by atoms with Crippen LogP contribution < -0.4 is 0 Å². The maximum atomic E-state index is 4.29.